The van der Waals surface area contributed by atoms with Gasteiger partial charge in [-0.2, -0.15) is 0 Å². The highest BCUT2D eigenvalue weighted by molar-refractivity contribution is 5.69. The van der Waals surface area contributed by atoms with Crippen molar-refractivity contribution < 1.29 is 24.1 Å². The third kappa shape index (κ3) is 26.7. The molecule has 1 atom stereocenters. The molecular formula is C32H63O5. The van der Waals surface area contributed by atoms with E-state index >= 15 is 0 Å². The van der Waals surface area contributed by atoms with Crippen molar-refractivity contribution in [2.24, 2.45) is 5.92 Å². The Kier molecular flexibility index (Phi) is 29.4. The third-order valence-corrected chi connectivity index (χ3v) is 7.03. The number of carbonyl (C=O) groups is 1. The number of ether oxygens (including phenoxy) is 3. The van der Waals surface area contributed by atoms with E-state index in [1.165, 1.54) is 96.3 Å². The number of rotatable bonds is 30. The highest BCUT2D eigenvalue weighted by atomic mass is 16.7. The summed E-state index contributed by atoms with van der Waals surface area (Å²) in [4.78, 5) is 12.4. The summed E-state index contributed by atoms with van der Waals surface area (Å²) in [5.74, 6) is -0.176. The van der Waals surface area contributed by atoms with Gasteiger partial charge in [-0.1, -0.05) is 124 Å². The van der Waals surface area contributed by atoms with E-state index in [0.29, 0.717) is 32.7 Å². The Labute approximate surface area is 230 Å². The van der Waals surface area contributed by atoms with Gasteiger partial charge in [-0.3, -0.25) is 4.79 Å². The molecule has 0 rings (SSSR count). The van der Waals surface area contributed by atoms with Crippen molar-refractivity contribution in [2.45, 2.75) is 162 Å². The van der Waals surface area contributed by atoms with Gasteiger partial charge < -0.3 is 19.3 Å². The van der Waals surface area contributed by atoms with Crippen LogP contribution in [0, 0.1) is 12.3 Å². The van der Waals surface area contributed by atoms with Crippen LogP contribution in [0.4, 0.5) is 0 Å². The van der Waals surface area contributed by atoms with Crippen LogP contribution >= 0.6 is 0 Å². The number of carbonyl (C=O) groups excluding carboxylic acids is 1. The second kappa shape index (κ2) is 29.9. The fraction of sp³-hybridized carbons (Fsp3) is 0.938. The minimum absolute atomic E-state index is 0.0404. The maximum absolute atomic E-state index is 12.4. The van der Waals surface area contributed by atoms with E-state index in [1.807, 2.05) is 0 Å². The quantitative estimate of drug-likeness (QED) is 0.0573. The smallest absolute Gasteiger partial charge is 0.305 e. The number of hydrogen-bond acceptors (Lipinski definition) is 5. The van der Waals surface area contributed by atoms with Crippen LogP contribution in [0.5, 0.6) is 0 Å². The van der Waals surface area contributed by atoms with Crippen molar-refractivity contribution in [3.8, 4) is 0 Å². The minimum atomic E-state index is -0.335. The molecule has 0 fully saturated rings. The van der Waals surface area contributed by atoms with E-state index in [2.05, 4.69) is 27.2 Å². The molecule has 0 aromatic rings. The molecular weight excluding hydrogens is 464 g/mol. The Bertz CT molecular complexity index is 440. The summed E-state index contributed by atoms with van der Waals surface area (Å²) in [7, 11) is 0. The van der Waals surface area contributed by atoms with Crippen molar-refractivity contribution >= 4 is 5.97 Å². The molecule has 0 amide bonds. The van der Waals surface area contributed by atoms with Gasteiger partial charge in [0.2, 0.25) is 0 Å². The van der Waals surface area contributed by atoms with Gasteiger partial charge in [-0.15, -0.1) is 0 Å². The van der Waals surface area contributed by atoms with Crippen LogP contribution in [-0.4, -0.2) is 43.8 Å². The molecule has 0 aliphatic carbocycles. The molecule has 0 saturated heterocycles. The molecule has 1 N–H and O–H groups in total. The first-order valence-corrected chi connectivity index (χ1v) is 15.9. The van der Waals surface area contributed by atoms with Gasteiger partial charge in [0.25, 0.3) is 0 Å². The lowest BCUT2D eigenvalue weighted by Crippen LogP contribution is -2.22. The lowest BCUT2D eigenvalue weighted by atomic mass is 10.0. The van der Waals surface area contributed by atoms with E-state index in [1.54, 1.807) is 0 Å². The first-order valence-electron chi connectivity index (χ1n) is 15.9. The van der Waals surface area contributed by atoms with Crippen LogP contribution in [0.25, 0.3) is 0 Å². The normalized spacial score (nSPS) is 12.4. The predicted octanol–water partition coefficient (Wildman–Crippen LogP) is 8.95. The number of hydrogen-bond donors (Lipinski definition) is 1. The topological polar surface area (TPSA) is 65.0 Å². The van der Waals surface area contributed by atoms with Gasteiger partial charge in [-0.25, -0.2) is 0 Å². The SMILES string of the molecule is C[CH]CCCCCCCCCC(CO)COC(=O)CCC(OCCCCCCC)OCCCCCCC. The number of esters is 1. The largest absolute Gasteiger partial charge is 0.465 e. The van der Waals surface area contributed by atoms with Gasteiger partial charge in [0.1, 0.15) is 0 Å². The summed E-state index contributed by atoms with van der Waals surface area (Å²) < 4.78 is 17.5. The molecule has 37 heavy (non-hydrogen) atoms. The van der Waals surface area contributed by atoms with E-state index < -0.39 is 0 Å². The Morgan fingerprint density at radius 2 is 1.22 bits per heavy atom. The molecule has 0 aliphatic rings. The average Bonchev–Trinajstić information content (AvgIpc) is 2.91. The zero-order chi connectivity index (χ0) is 27.2. The predicted molar refractivity (Wildman–Crippen MR) is 156 cm³/mol. The highest BCUT2D eigenvalue weighted by Gasteiger charge is 2.15. The summed E-state index contributed by atoms with van der Waals surface area (Å²) in [5.41, 5.74) is 0. The molecule has 0 aromatic heterocycles. The Balaban J connectivity index is 4.09. The fourth-order valence-corrected chi connectivity index (χ4v) is 4.47. The number of unbranched alkanes of at least 4 members (excludes halogenated alkanes) is 16. The van der Waals surface area contributed by atoms with Crippen molar-refractivity contribution in [1.29, 1.82) is 0 Å². The van der Waals surface area contributed by atoms with Crippen LogP contribution in [0.1, 0.15) is 156 Å². The van der Waals surface area contributed by atoms with Gasteiger partial charge in [0, 0.05) is 32.2 Å². The summed E-state index contributed by atoms with van der Waals surface area (Å²) >= 11 is 0. The van der Waals surface area contributed by atoms with Gasteiger partial charge >= 0.3 is 5.97 Å². The molecule has 0 spiro atoms. The number of aliphatic hydroxyl groups is 1. The summed E-state index contributed by atoms with van der Waals surface area (Å²) in [6.45, 7) is 8.32. The van der Waals surface area contributed by atoms with E-state index in [9.17, 15) is 9.90 Å². The zero-order valence-electron chi connectivity index (χ0n) is 25.0. The molecule has 0 heterocycles. The zero-order valence-corrected chi connectivity index (χ0v) is 25.0. The lowest BCUT2D eigenvalue weighted by Gasteiger charge is -2.19. The molecule has 5 nitrogen and oxygen atoms in total. The Morgan fingerprint density at radius 1 is 0.703 bits per heavy atom. The monoisotopic (exact) mass is 527 g/mol. The summed E-state index contributed by atoms with van der Waals surface area (Å²) in [6, 6.07) is 0. The van der Waals surface area contributed by atoms with Gasteiger partial charge in [-0.05, 0) is 25.7 Å². The van der Waals surface area contributed by atoms with E-state index in [-0.39, 0.29) is 24.8 Å². The van der Waals surface area contributed by atoms with Crippen molar-refractivity contribution in [3.63, 3.8) is 0 Å². The van der Waals surface area contributed by atoms with Crippen molar-refractivity contribution in [2.75, 3.05) is 26.4 Å². The fourth-order valence-electron chi connectivity index (χ4n) is 4.47. The standard InChI is InChI=1S/C32H63O5/c1-4-7-10-13-14-15-16-17-20-23-30(28-33)29-37-31(34)24-25-32(35-26-21-18-11-8-5-2)36-27-22-19-12-9-6-3/h4,30,32-33H,5-29H2,1-3H3. The Hall–Kier alpha value is -0.650. The van der Waals surface area contributed by atoms with Crippen molar-refractivity contribution in [1.82, 2.24) is 0 Å². The molecule has 0 bridgehead atoms. The lowest BCUT2D eigenvalue weighted by molar-refractivity contribution is -0.160. The maximum atomic E-state index is 12.4. The second-order valence-electron chi connectivity index (χ2n) is 10.7. The maximum Gasteiger partial charge on any atom is 0.305 e. The Morgan fingerprint density at radius 3 is 1.76 bits per heavy atom. The van der Waals surface area contributed by atoms with Crippen LogP contribution in [-0.2, 0) is 19.0 Å². The van der Waals surface area contributed by atoms with Crippen LogP contribution < -0.4 is 0 Å². The van der Waals surface area contributed by atoms with Crippen LogP contribution in [0.15, 0.2) is 0 Å². The number of aliphatic hydroxyl groups excluding tert-OH is 1. The molecule has 0 aliphatic heterocycles. The minimum Gasteiger partial charge on any atom is -0.465 e. The second-order valence-corrected chi connectivity index (χ2v) is 10.7. The van der Waals surface area contributed by atoms with Crippen LogP contribution in [0.2, 0.25) is 0 Å². The molecule has 1 radical (unpaired) electrons. The molecule has 0 aromatic carbocycles. The van der Waals surface area contributed by atoms with Crippen molar-refractivity contribution in [3.05, 3.63) is 6.42 Å². The average molecular weight is 528 g/mol. The summed E-state index contributed by atoms with van der Waals surface area (Å²) in [5, 5.41) is 9.69. The highest BCUT2D eigenvalue weighted by Crippen LogP contribution is 2.15. The first kappa shape index (κ1) is 36.4. The third-order valence-electron chi connectivity index (χ3n) is 7.03. The van der Waals surface area contributed by atoms with Gasteiger partial charge in [0.15, 0.2) is 6.29 Å². The molecule has 221 valence electrons. The molecule has 0 saturated carbocycles. The van der Waals surface area contributed by atoms with Crippen LogP contribution in [0.3, 0.4) is 0 Å². The van der Waals surface area contributed by atoms with E-state index in [0.717, 1.165) is 25.7 Å². The van der Waals surface area contributed by atoms with Gasteiger partial charge in [0.05, 0.1) is 13.0 Å². The summed E-state index contributed by atoms with van der Waals surface area (Å²) in [6.07, 6.45) is 25.6. The van der Waals surface area contributed by atoms with E-state index in [4.69, 9.17) is 14.2 Å². The molecule has 5 heteroatoms. The first-order chi connectivity index (χ1) is 18.2. The molecule has 1 unspecified atom stereocenters.